The van der Waals surface area contributed by atoms with Gasteiger partial charge in [0.25, 0.3) is 5.91 Å². The molecule has 0 aliphatic carbocycles. The van der Waals surface area contributed by atoms with Crippen molar-refractivity contribution in [1.29, 1.82) is 0 Å². The molecular weight excluding hydrogens is 431 g/mol. The molecule has 4 rings (SSSR count). The highest BCUT2D eigenvalue weighted by Gasteiger charge is 2.33. The van der Waals surface area contributed by atoms with Gasteiger partial charge in [0, 0.05) is 62.2 Å². The molecule has 0 spiro atoms. The molecule has 1 aliphatic heterocycles. The van der Waals surface area contributed by atoms with Gasteiger partial charge in [0.1, 0.15) is 11.6 Å². The molecule has 9 heteroatoms. The number of carbonyl (C=O) groups is 1. The van der Waals surface area contributed by atoms with Crippen LogP contribution in [-0.2, 0) is 7.05 Å². The molecule has 1 saturated heterocycles. The number of hydrogen-bond donors (Lipinski definition) is 1. The molecule has 3 heterocycles. The zero-order valence-corrected chi connectivity index (χ0v) is 18.8. The number of carbonyl (C=O) groups excluding carboxylic acids is 1. The van der Waals surface area contributed by atoms with Crippen LogP contribution in [-0.4, -0.2) is 39.7 Å². The lowest BCUT2D eigenvalue weighted by molar-refractivity contribution is -0.0102. The summed E-state index contributed by atoms with van der Waals surface area (Å²) in [5, 5.41) is 7.02. The predicted octanol–water partition coefficient (Wildman–Crippen LogP) is 5.12. The second-order valence-electron chi connectivity index (χ2n) is 8.51. The summed E-state index contributed by atoms with van der Waals surface area (Å²) in [7, 11) is 1.79. The Morgan fingerprint density at radius 3 is 2.64 bits per heavy atom. The molecule has 0 atom stereocenters. The van der Waals surface area contributed by atoms with Gasteiger partial charge >= 0.3 is 0 Å². The van der Waals surface area contributed by atoms with Crippen molar-refractivity contribution in [1.82, 2.24) is 14.8 Å². The van der Waals surface area contributed by atoms with Crippen molar-refractivity contribution < 1.29 is 18.0 Å². The number of halogens is 3. The number of anilines is 2. The van der Waals surface area contributed by atoms with Crippen LogP contribution < -0.4 is 10.2 Å². The number of benzene rings is 1. The second-order valence-corrected chi connectivity index (χ2v) is 8.51. The second kappa shape index (κ2) is 8.88. The number of alkyl halides is 2. The summed E-state index contributed by atoms with van der Waals surface area (Å²) in [5.41, 5.74) is 3.35. The van der Waals surface area contributed by atoms with E-state index in [1.165, 1.54) is 12.1 Å². The smallest absolute Gasteiger partial charge is 0.259 e. The standard InChI is InChI=1S/C24H26F3N5O/c1-15-11-18(5-6-20(15)25)30-23(33)21-16(2)19(17-12-29-31(3)14-17)13-28-22(21)32-9-4-7-24(26,27)8-10-32/h5-6,11-14H,4,7-10H2,1-3H3,(H,30,33). The summed E-state index contributed by atoms with van der Waals surface area (Å²) < 4.78 is 43.3. The number of rotatable bonds is 4. The van der Waals surface area contributed by atoms with Crippen LogP contribution >= 0.6 is 0 Å². The van der Waals surface area contributed by atoms with E-state index in [1.54, 1.807) is 42.0 Å². The maximum Gasteiger partial charge on any atom is 0.259 e. The van der Waals surface area contributed by atoms with Crippen LogP contribution in [0.15, 0.2) is 36.8 Å². The van der Waals surface area contributed by atoms with E-state index in [2.05, 4.69) is 15.4 Å². The largest absolute Gasteiger partial charge is 0.356 e. The predicted molar refractivity (Wildman–Crippen MR) is 121 cm³/mol. The summed E-state index contributed by atoms with van der Waals surface area (Å²) in [5.74, 6) is -3.15. The van der Waals surface area contributed by atoms with E-state index in [-0.39, 0.29) is 25.2 Å². The summed E-state index contributed by atoms with van der Waals surface area (Å²) in [6.45, 7) is 3.90. The van der Waals surface area contributed by atoms with E-state index >= 15 is 0 Å². The van der Waals surface area contributed by atoms with Gasteiger partial charge in [-0.05, 0) is 49.6 Å². The molecule has 174 valence electrons. The number of aromatic nitrogens is 3. The fraction of sp³-hybridized carbons (Fsp3) is 0.375. The van der Waals surface area contributed by atoms with E-state index in [0.717, 1.165) is 11.1 Å². The third-order valence-electron chi connectivity index (χ3n) is 5.99. The molecular formula is C24H26F3N5O. The van der Waals surface area contributed by atoms with Crippen LogP contribution in [0.5, 0.6) is 0 Å². The van der Waals surface area contributed by atoms with Crippen molar-refractivity contribution >= 4 is 17.4 Å². The number of hydrogen-bond acceptors (Lipinski definition) is 4. The summed E-state index contributed by atoms with van der Waals surface area (Å²) >= 11 is 0. The van der Waals surface area contributed by atoms with Crippen LogP contribution in [0.2, 0.25) is 0 Å². The van der Waals surface area contributed by atoms with Crippen LogP contribution in [0, 0.1) is 19.7 Å². The quantitative estimate of drug-likeness (QED) is 0.591. The number of nitrogens with one attached hydrogen (secondary N) is 1. The summed E-state index contributed by atoms with van der Waals surface area (Å²) in [6.07, 6.45) is 4.98. The minimum Gasteiger partial charge on any atom is -0.356 e. The average Bonchev–Trinajstić information content (AvgIpc) is 3.09. The number of aryl methyl sites for hydroxylation is 2. The molecule has 0 radical (unpaired) electrons. The Bertz CT molecular complexity index is 1190. The SMILES string of the molecule is Cc1cc(NC(=O)c2c(N3CCCC(F)(F)CC3)ncc(-c3cnn(C)c3)c2C)ccc1F. The first-order valence-electron chi connectivity index (χ1n) is 10.8. The summed E-state index contributed by atoms with van der Waals surface area (Å²) in [6, 6.07) is 4.33. The van der Waals surface area contributed by atoms with Crippen molar-refractivity contribution in [2.45, 2.75) is 39.0 Å². The van der Waals surface area contributed by atoms with Crippen LogP contribution in [0.1, 0.15) is 40.7 Å². The van der Waals surface area contributed by atoms with Crippen LogP contribution in [0.3, 0.4) is 0 Å². The first kappa shape index (κ1) is 22.8. The summed E-state index contributed by atoms with van der Waals surface area (Å²) in [4.78, 5) is 19.8. The average molecular weight is 458 g/mol. The lowest BCUT2D eigenvalue weighted by atomic mass is 9.99. The van der Waals surface area contributed by atoms with E-state index in [1.807, 2.05) is 13.1 Å². The van der Waals surface area contributed by atoms with E-state index < -0.39 is 11.8 Å². The fourth-order valence-electron chi connectivity index (χ4n) is 4.14. The van der Waals surface area contributed by atoms with Crippen molar-refractivity contribution in [3.8, 4) is 11.1 Å². The minimum absolute atomic E-state index is 0.0988. The monoisotopic (exact) mass is 457 g/mol. The van der Waals surface area contributed by atoms with E-state index in [0.29, 0.717) is 41.2 Å². The normalized spacial score (nSPS) is 15.9. The zero-order valence-electron chi connectivity index (χ0n) is 18.8. The van der Waals surface area contributed by atoms with Crippen LogP contribution in [0.25, 0.3) is 11.1 Å². The number of pyridine rings is 1. The Labute approximate surface area is 190 Å². The minimum atomic E-state index is -2.73. The third kappa shape index (κ3) is 4.86. The molecule has 1 aromatic carbocycles. The molecule has 0 unspecified atom stereocenters. The number of nitrogens with zero attached hydrogens (tertiary/aromatic N) is 4. The molecule has 6 nitrogen and oxygen atoms in total. The van der Waals surface area contributed by atoms with Crippen molar-refractivity contribution in [3.63, 3.8) is 0 Å². The Hall–Kier alpha value is -3.36. The highest BCUT2D eigenvalue weighted by Crippen LogP contribution is 2.34. The Morgan fingerprint density at radius 2 is 1.94 bits per heavy atom. The van der Waals surface area contributed by atoms with Gasteiger partial charge in [-0.2, -0.15) is 5.10 Å². The van der Waals surface area contributed by atoms with E-state index in [9.17, 15) is 18.0 Å². The Kier molecular flexibility index (Phi) is 6.14. The molecule has 1 fully saturated rings. The molecule has 1 N–H and O–H groups in total. The first-order chi connectivity index (χ1) is 15.6. The van der Waals surface area contributed by atoms with Crippen LogP contribution in [0.4, 0.5) is 24.7 Å². The van der Waals surface area contributed by atoms with Gasteiger partial charge in [0.15, 0.2) is 0 Å². The maximum atomic E-state index is 14.0. The highest BCUT2D eigenvalue weighted by molar-refractivity contribution is 6.09. The number of amides is 1. The van der Waals surface area contributed by atoms with Crippen molar-refractivity contribution in [3.05, 3.63) is 59.3 Å². The van der Waals surface area contributed by atoms with Crippen molar-refractivity contribution in [2.24, 2.45) is 7.05 Å². The lowest BCUT2D eigenvalue weighted by Crippen LogP contribution is -2.30. The Morgan fingerprint density at radius 1 is 1.15 bits per heavy atom. The molecule has 1 aliphatic rings. The maximum absolute atomic E-state index is 14.0. The molecule has 2 aromatic heterocycles. The van der Waals surface area contributed by atoms with Gasteiger partial charge < -0.3 is 10.2 Å². The first-order valence-corrected chi connectivity index (χ1v) is 10.8. The van der Waals surface area contributed by atoms with Gasteiger partial charge in [-0.15, -0.1) is 0 Å². The fourth-order valence-corrected chi connectivity index (χ4v) is 4.14. The van der Waals surface area contributed by atoms with Crippen molar-refractivity contribution in [2.75, 3.05) is 23.3 Å². The molecule has 0 saturated carbocycles. The molecule has 0 bridgehead atoms. The Balaban J connectivity index is 1.76. The molecule has 33 heavy (non-hydrogen) atoms. The zero-order chi connectivity index (χ0) is 23.8. The van der Waals surface area contributed by atoms with Gasteiger partial charge in [-0.1, -0.05) is 0 Å². The van der Waals surface area contributed by atoms with Gasteiger partial charge in [0.05, 0.1) is 11.8 Å². The topological polar surface area (TPSA) is 63.1 Å². The van der Waals surface area contributed by atoms with Gasteiger partial charge in [-0.25, -0.2) is 18.2 Å². The van der Waals surface area contributed by atoms with E-state index in [4.69, 9.17) is 0 Å². The highest BCUT2D eigenvalue weighted by atomic mass is 19.3. The van der Waals surface area contributed by atoms with Gasteiger partial charge in [-0.3, -0.25) is 9.48 Å². The third-order valence-corrected chi connectivity index (χ3v) is 5.99. The molecule has 1 amide bonds. The lowest BCUT2D eigenvalue weighted by Gasteiger charge is -2.26. The molecule has 3 aromatic rings. The van der Waals surface area contributed by atoms with Gasteiger partial charge in [0.2, 0.25) is 5.92 Å².